The number of carbonyl (C=O) groups excluding carboxylic acids is 1. The molecule has 0 radical (unpaired) electrons. The summed E-state index contributed by atoms with van der Waals surface area (Å²) < 4.78 is 4.95. The third kappa shape index (κ3) is 1.70. The van der Waals surface area contributed by atoms with Crippen LogP contribution >= 0.6 is 0 Å². The van der Waals surface area contributed by atoms with Crippen LogP contribution in [0.25, 0.3) is 0 Å². The highest BCUT2D eigenvalue weighted by Crippen LogP contribution is 2.45. The zero-order chi connectivity index (χ0) is 16.1. The molecule has 6 heteroatoms. The van der Waals surface area contributed by atoms with Gasteiger partial charge in [-0.3, -0.25) is 4.79 Å². The van der Waals surface area contributed by atoms with Crippen LogP contribution in [0.2, 0.25) is 0 Å². The van der Waals surface area contributed by atoms with Crippen LogP contribution < -0.4 is 10.5 Å². The third-order valence-electron chi connectivity index (χ3n) is 3.87. The second kappa shape index (κ2) is 4.71. The quantitative estimate of drug-likeness (QED) is 0.871. The van der Waals surface area contributed by atoms with Crippen LogP contribution in [-0.4, -0.2) is 22.7 Å². The maximum Gasteiger partial charge on any atom is 0.346 e. The molecule has 1 unspecified atom stereocenters. The highest BCUT2D eigenvalue weighted by atomic mass is 16.4. The SMILES string of the molecule is CCN1C(=O)C(O)(c2c(O)cc(C)oc2=O)c2ccccc21. The topological polar surface area (TPSA) is 91.0 Å². The van der Waals surface area contributed by atoms with Gasteiger partial charge in [0.15, 0.2) is 0 Å². The number of fused-ring (bicyclic) bond motifs is 1. The molecule has 2 aromatic rings. The van der Waals surface area contributed by atoms with Crippen LogP contribution in [0, 0.1) is 6.92 Å². The molecule has 1 aliphatic heterocycles. The number of aryl methyl sites for hydroxylation is 1. The average molecular weight is 301 g/mol. The van der Waals surface area contributed by atoms with Crippen LogP contribution in [0.1, 0.15) is 23.8 Å². The number of rotatable bonds is 2. The first kappa shape index (κ1) is 14.3. The highest BCUT2D eigenvalue weighted by Gasteiger charge is 2.53. The number of amides is 1. The first-order valence-electron chi connectivity index (χ1n) is 6.89. The van der Waals surface area contributed by atoms with Gasteiger partial charge in [-0.1, -0.05) is 18.2 Å². The van der Waals surface area contributed by atoms with E-state index in [0.29, 0.717) is 12.2 Å². The van der Waals surface area contributed by atoms with Crippen molar-refractivity contribution in [2.24, 2.45) is 0 Å². The van der Waals surface area contributed by atoms with Gasteiger partial charge in [-0.2, -0.15) is 0 Å². The molecule has 0 saturated heterocycles. The van der Waals surface area contributed by atoms with Gasteiger partial charge in [0.2, 0.25) is 5.60 Å². The van der Waals surface area contributed by atoms with Crippen LogP contribution in [0.3, 0.4) is 0 Å². The van der Waals surface area contributed by atoms with Crippen LogP contribution in [-0.2, 0) is 10.4 Å². The minimum absolute atomic E-state index is 0.195. The maximum absolute atomic E-state index is 12.7. The van der Waals surface area contributed by atoms with E-state index in [4.69, 9.17) is 4.42 Å². The van der Waals surface area contributed by atoms with Gasteiger partial charge in [0.05, 0.1) is 5.69 Å². The standard InChI is InChI=1S/C16H15NO5/c1-3-17-11-7-5-4-6-10(11)16(21,15(17)20)13-12(18)8-9(2)22-14(13)19/h4-8,18,21H,3H2,1-2H3. The number of likely N-dealkylation sites (N-methyl/N-ethyl adjacent to an activating group) is 1. The average Bonchev–Trinajstić information content (AvgIpc) is 2.67. The Hall–Kier alpha value is -2.60. The van der Waals surface area contributed by atoms with Crippen molar-refractivity contribution in [2.45, 2.75) is 19.4 Å². The first-order chi connectivity index (χ1) is 10.4. The summed E-state index contributed by atoms with van der Waals surface area (Å²) in [7, 11) is 0. The number of nitrogens with zero attached hydrogens (tertiary/aromatic N) is 1. The lowest BCUT2D eigenvalue weighted by atomic mass is 9.88. The second-order valence-electron chi connectivity index (χ2n) is 5.18. The molecule has 0 spiro atoms. The van der Waals surface area contributed by atoms with Crippen LogP contribution in [0.4, 0.5) is 5.69 Å². The minimum Gasteiger partial charge on any atom is -0.507 e. The predicted molar refractivity (Wildman–Crippen MR) is 78.8 cm³/mol. The molecular formula is C16H15NO5. The van der Waals surface area contributed by atoms with Crippen molar-refractivity contribution in [1.82, 2.24) is 0 Å². The molecule has 3 rings (SSSR count). The smallest absolute Gasteiger partial charge is 0.346 e. The molecule has 114 valence electrons. The van der Waals surface area contributed by atoms with Gasteiger partial charge in [0.1, 0.15) is 17.1 Å². The van der Waals surface area contributed by atoms with Crippen molar-refractivity contribution >= 4 is 11.6 Å². The van der Waals surface area contributed by atoms with Gasteiger partial charge in [0.25, 0.3) is 5.91 Å². The Labute approximate surface area is 126 Å². The fraction of sp³-hybridized carbons (Fsp3) is 0.250. The Bertz CT molecular complexity index is 826. The summed E-state index contributed by atoms with van der Waals surface area (Å²) in [5, 5.41) is 21.1. The number of anilines is 1. The van der Waals surface area contributed by atoms with Crippen LogP contribution in [0.15, 0.2) is 39.5 Å². The van der Waals surface area contributed by atoms with E-state index in [1.165, 1.54) is 17.9 Å². The van der Waals surface area contributed by atoms with E-state index in [2.05, 4.69) is 0 Å². The number of aromatic hydroxyl groups is 1. The lowest BCUT2D eigenvalue weighted by Crippen LogP contribution is -2.43. The van der Waals surface area contributed by atoms with Gasteiger partial charge in [0, 0.05) is 18.2 Å². The van der Waals surface area contributed by atoms with Gasteiger partial charge < -0.3 is 19.5 Å². The molecule has 0 bridgehead atoms. The van der Waals surface area contributed by atoms with Crippen molar-refractivity contribution in [2.75, 3.05) is 11.4 Å². The number of carbonyl (C=O) groups is 1. The van der Waals surface area contributed by atoms with Gasteiger partial charge >= 0.3 is 5.63 Å². The van der Waals surface area contributed by atoms with E-state index >= 15 is 0 Å². The molecule has 1 amide bonds. The summed E-state index contributed by atoms with van der Waals surface area (Å²) in [5.74, 6) is -0.944. The van der Waals surface area contributed by atoms with Crippen LogP contribution in [0.5, 0.6) is 5.75 Å². The summed E-state index contributed by atoms with van der Waals surface area (Å²) in [5.41, 5.74) is -2.86. The molecule has 6 nitrogen and oxygen atoms in total. The Morgan fingerprint density at radius 3 is 2.59 bits per heavy atom. The molecule has 2 N–H and O–H groups in total. The molecule has 1 aromatic heterocycles. The number of hydrogen-bond donors (Lipinski definition) is 2. The van der Waals surface area contributed by atoms with E-state index in [0.717, 1.165) is 0 Å². The molecule has 0 saturated carbocycles. The fourth-order valence-corrected chi connectivity index (χ4v) is 2.92. The number of aliphatic hydroxyl groups is 1. The Kier molecular flexibility index (Phi) is 3.07. The molecular weight excluding hydrogens is 286 g/mol. The lowest BCUT2D eigenvalue weighted by molar-refractivity contribution is -0.132. The maximum atomic E-state index is 12.7. The fourth-order valence-electron chi connectivity index (χ4n) is 2.92. The molecule has 22 heavy (non-hydrogen) atoms. The summed E-state index contributed by atoms with van der Waals surface area (Å²) in [6.07, 6.45) is 0. The number of hydrogen-bond acceptors (Lipinski definition) is 5. The summed E-state index contributed by atoms with van der Waals surface area (Å²) in [6, 6.07) is 7.84. The van der Waals surface area contributed by atoms with Crippen molar-refractivity contribution in [3.05, 3.63) is 57.6 Å². The third-order valence-corrected chi connectivity index (χ3v) is 3.87. The van der Waals surface area contributed by atoms with Gasteiger partial charge in [-0.15, -0.1) is 0 Å². The van der Waals surface area contributed by atoms with E-state index in [9.17, 15) is 19.8 Å². The second-order valence-corrected chi connectivity index (χ2v) is 5.18. The first-order valence-corrected chi connectivity index (χ1v) is 6.89. The summed E-state index contributed by atoms with van der Waals surface area (Å²) >= 11 is 0. The highest BCUT2D eigenvalue weighted by molar-refractivity contribution is 6.09. The van der Waals surface area contributed by atoms with Crippen molar-refractivity contribution < 1.29 is 19.4 Å². The Morgan fingerprint density at radius 1 is 1.27 bits per heavy atom. The van der Waals surface area contributed by atoms with Crippen molar-refractivity contribution in [1.29, 1.82) is 0 Å². The predicted octanol–water partition coefficient (Wildman–Crippen LogP) is 1.26. The summed E-state index contributed by atoms with van der Waals surface area (Å²) in [6.45, 7) is 3.59. The van der Waals surface area contributed by atoms with E-state index in [-0.39, 0.29) is 11.3 Å². The Balaban J connectivity index is 2.35. The molecule has 0 fully saturated rings. The van der Waals surface area contributed by atoms with Crippen molar-refractivity contribution in [3.8, 4) is 5.75 Å². The number of benzene rings is 1. The molecule has 0 aliphatic carbocycles. The largest absolute Gasteiger partial charge is 0.507 e. The lowest BCUT2D eigenvalue weighted by Gasteiger charge is -2.22. The van der Waals surface area contributed by atoms with Gasteiger partial charge in [-0.25, -0.2) is 4.79 Å². The molecule has 1 aliphatic rings. The van der Waals surface area contributed by atoms with E-state index in [1.54, 1.807) is 31.2 Å². The van der Waals surface area contributed by atoms with E-state index in [1.807, 2.05) is 0 Å². The van der Waals surface area contributed by atoms with E-state index < -0.39 is 28.4 Å². The van der Waals surface area contributed by atoms with Crippen molar-refractivity contribution in [3.63, 3.8) is 0 Å². The van der Waals surface area contributed by atoms with Gasteiger partial charge in [-0.05, 0) is 19.9 Å². The monoisotopic (exact) mass is 301 g/mol. The molecule has 2 heterocycles. The zero-order valence-electron chi connectivity index (χ0n) is 12.2. The zero-order valence-corrected chi connectivity index (χ0v) is 12.2. The minimum atomic E-state index is -2.25. The normalized spacial score (nSPS) is 20.3. The molecule has 1 aromatic carbocycles. The Morgan fingerprint density at radius 2 is 1.95 bits per heavy atom. The molecule has 1 atom stereocenters. The summed E-state index contributed by atoms with van der Waals surface area (Å²) in [4.78, 5) is 26.2. The number of para-hydroxylation sites is 1.